The molecule has 0 heterocycles. The van der Waals surface area contributed by atoms with Crippen molar-refractivity contribution in [3.63, 3.8) is 0 Å². The van der Waals surface area contributed by atoms with E-state index in [1.807, 2.05) is 13.8 Å². The van der Waals surface area contributed by atoms with Crippen molar-refractivity contribution >= 4 is 17.8 Å². The number of aliphatic carboxylic acids is 1. The van der Waals surface area contributed by atoms with Crippen LogP contribution in [0.3, 0.4) is 0 Å². The lowest BCUT2D eigenvalue weighted by Gasteiger charge is -2.24. The number of amides is 2. The standard InChI is InChI=1S/C17H35N5O4/c1-11(2)14(20)16(24)21-12(7-3-5-9-18)15(23)22-13(17(25)26)8-4-6-10-19/h11-14H,3-10,18-20H2,1-2H3,(H,21,24)(H,22,23)(H,25,26). The van der Waals surface area contributed by atoms with Crippen LogP contribution in [0.15, 0.2) is 0 Å². The quantitative estimate of drug-likeness (QED) is 0.218. The van der Waals surface area contributed by atoms with E-state index in [-0.39, 0.29) is 12.3 Å². The number of hydrogen-bond acceptors (Lipinski definition) is 6. The number of carbonyl (C=O) groups excluding carboxylic acids is 2. The van der Waals surface area contributed by atoms with Crippen LogP contribution in [0.25, 0.3) is 0 Å². The van der Waals surface area contributed by atoms with Gasteiger partial charge in [0.1, 0.15) is 12.1 Å². The Morgan fingerprint density at radius 3 is 1.73 bits per heavy atom. The molecule has 0 aromatic carbocycles. The average molecular weight is 373 g/mol. The fourth-order valence-electron chi connectivity index (χ4n) is 2.35. The molecule has 0 rings (SSSR count). The zero-order valence-electron chi connectivity index (χ0n) is 15.9. The van der Waals surface area contributed by atoms with Gasteiger partial charge in [-0.05, 0) is 57.5 Å². The van der Waals surface area contributed by atoms with Crippen LogP contribution in [0, 0.1) is 5.92 Å². The van der Waals surface area contributed by atoms with E-state index in [2.05, 4.69) is 10.6 Å². The maximum absolute atomic E-state index is 12.5. The summed E-state index contributed by atoms with van der Waals surface area (Å²) in [6.07, 6.45) is 3.27. The van der Waals surface area contributed by atoms with Gasteiger partial charge in [0.25, 0.3) is 0 Å². The van der Waals surface area contributed by atoms with Crippen LogP contribution in [-0.4, -0.2) is 54.1 Å². The maximum Gasteiger partial charge on any atom is 0.326 e. The highest BCUT2D eigenvalue weighted by Gasteiger charge is 2.28. The van der Waals surface area contributed by atoms with Gasteiger partial charge in [-0.2, -0.15) is 0 Å². The second kappa shape index (κ2) is 13.5. The first-order chi connectivity index (χ1) is 12.2. The lowest BCUT2D eigenvalue weighted by molar-refractivity contribution is -0.142. The van der Waals surface area contributed by atoms with Crippen LogP contribution in [0.2, 0.25) is 0 Å². The van der Waals surface area contributed by atoms with E-state index in [0.29, 0.717) is 45.2 Å². The van der Waals surface area contributed by atoms with Crippen molar-refractivity contribution in [3.05, 3.63) is 0 Å². The van der Waals surface area contributed by atoms with Crippen molar-refractivity contribution in [2.45, 2.75) is 70.5 Å². The molecule has 0 aromatic rings. The molecule has 0 aliphatic carbocycles. The summed E-state index contributed by atoms with van der Waals surface area (Å²) in [5.74, 6) is -2.14. The van der Waals surface area contributed by atoms with E-state index in [1.165, 1.54) is 0 Å². The number of carboxylic acids is 1. The molecule has 9 nitrogen and oxygen atoms in total. The Balaban J connectivity index is 4.94. The second-order valence-corrected chi connectivity index (χ2v) is 6.80. The van der Waals surface area contributed by atoms with Crippen LogP contribution in [-0.2, 0) is 14.4 Å². The summed E-state index contributed by atoms with van der Waals surface area (Å²) in [4.78, 5) is 36.1. The fraction of sp³-hybridized carbons (Fsp3) is 0.824. The Kier molecular flexibility index (Phi) is 12.6. The van der Waals surface area contributed by atoms with Crippen molar-refractivity contribution in [1.82, 2.24) is 10.6 Å². The number of nitrogens with one attached hydrogen (secondary N) is 2. The number of hydrogen-bond donors (Lipinski definition) is 6. The molecule has 0 aromatic heterocycles. The molecule has 9 N–H and O–H groups in total. The molecule has 152 valence electrons. The van der Waals surface area contributed by atoms with Crippen molar-refractivity contribution in [3.8, 4) is 0 Å². The van der Waals surface area contributed by atoms with E-state index >= 15 is 0 Å². The molecule has 0 saturated carbocycles. The molecule has 26 heavy (non-hydrogen) atoms. The summed E-state index contributed by atoms with van der Waals surface area (Å²) in [7, 11) is 0. The minimum Gasteiger partial charge on any atom is -0.480 e. The van der Waals surface area contributed by atoms with Crippen molar-refractivity contribution in [1.29, 1.82) is 0 Å². The highest BCUT2D eigenvalue weighted by Crippen LogP contribution is 2.06. The van der Waals surface area contributed by atoms with Gasteiger partial charge in [0.2, 0.25) is 11.8 Å². The highest BCUT2D eigenvalue weighted by molar-refractivity contribution is 5.91. The minimum atomic E-state index is -1.11. The van der Waals surface area contributed by atoms with Crippen LogP contribution < -0.4 is 27.8 Å². The molecule has 3 unspecified atom stereocenters. The molecular weight excluding hydrogens is 338 g/mol. The van der Waals surface area contributed by atoms with Gasteiger partial charge in [-0.3, -0.25) is 9.59 Å². The lowest BCUT2D eigenvalue weighted by Crippen LogP contribution is -2.55. The zero-order chi connectivity index (χ0) is 20.1. The molecule has 0 radical (unpaired) electrons. The van der Waals surface area contributed by atoms with Gasteiger partial charge in [-0.25, -0.2) is 4.79 Å². The summed E-state index contributed by atoms with van der Waals surface area (Å²) in [6, 6.07) is -2.59. The predicted octanol–water partition coefficient (Wildman–Crippen LogP) is -0.718. The average Bonchev–Trinajstić information content (AvgIpc) is 2.58. The van der Waals surface area contributed by atoms with Crippen LogP contribution in [0.4, 0.5) is 0 Å². The highest BCUT2D eigenvalue weighted by atomic mass is 16.4. The van der Waals surface area contributed by atoms with E-state index in [0.717, 1.165) is 0 Å². The first-order valence-corrected chi connectivity index (χ1v) is 9.23. The minimum absolute atomic E-state index is 0.0780. The third-order valence-electron chi connectivity index (χ3n) is 4.16. The maximum atomic E-state index is 12.5. The molecule has 9 heteroatoms. The summed E-state index contributed by atoms with van der Waals surface area (Å²) in [5.41, 5.74) is 16.7. The van der Waals surface area contributed by atoms with E-state index in [1.54, 1.807) is 0 Å². The van der Waals surface area contributed by atoms with Gasteiger partial charge >= 0.3 is 5.97 Å². The first-order valence-electron chi connectivity index (χ1n) is 9.23. The largest absolute Gasteiger partial charge is 0.480 e. The zero-order valence-corrected chi connectivity index (χ0v) is 15.9. The molecule has 0 aliphatic heterocycles. The molecule has 3 atom stereocenters. The molecule has 0 saturated heterocycles. The van der Waals surface area contributed by atoms with Crippen molar-refractivity contribution in [2.75, 3.05) is 13.1 Å². The summed E-state index contributed by atoms with van der Waals surface area (Å²) in [5, 5.41) is 14.4. The Bertz CT molecular complexity index is 445. The second-order valence-electron chi connectivity index (χ2n) is 6.80. The summed E-state index contributed by atoms with van der Waals surface area (Å²) < 4.78 is 0. The Morgan fingerprint density at radius 2 is 1.31 bits per heavy atom. The monoisotopic (exact) mass is 373 g/mol. The molecule has 0 fully saturated rings. The molecule has 0 aliphatic rings. The first kappa shape index (κ1) is 24.3. The molecule has 0 bridgehead atoms. The summed E-state index contributed by atoms with van der Waals surface area (Å²) in [6.45, 7) is 4.56. The van der Waals surface area contributed by atoms with Gasteiger partial charge in [0.15, 0.2) is 0 Å². The van der Waals surface area contributed by atoms with Crippen LogP contribution >= 0.6 is 0 Å². The number of unbranched alkanes of at least 4 members (excludes halogenated alkanes) is 2. The van der Waals surface area contributed by atoms with Gasteiger partial charge in [0, 0.05) is 0 Å². The third kappa shape index (κ3) is 9.69. The normalized spacial score (nSPS) is 14.5. The molecule has 0 spiro atoms. The number of carbonyl (C=O) groups is 3. The van der Waals surface area contributed by atoms with Gasteiger partial charge in [0.05, 0.1) is 6.04 Å². The smallest absolute Gasteiger partial charge is 0.326 e. The van der Waals surface area contributed by atoms with E-state index in [4.69, 9.17) is 17.2 Å². The summed E-state index contributed by atoms with van der Waals surface area (Å²) >= 11 is 0. The molecular formula is C17H35N5O4. The Hall–Kier alpha value is -1.71. The number of carboxylic acid groups (broad SMARTS) is 1. The Labute approximate surface area is 155 Å². The predicted molar refractivity (Wildman–Crippen MR) is 100 cm³/mol. The lowest BCUT2D eigenvalue weighted by atomic mass is 10.0. The number of nitrogens with two attached hydrogens (primary N) is 3. The van der Waals surface area contributed by atoms with Gasteiger partial charge < -0.3 is 32.9 Å². The fourth-order valence-corrected chi connectivity index (χ4v) is 2.35. The van der Waals surface area contributed by atoms with Crippen LogP contribution in [0.5, 0.6) is 0 Å². The topological polar surface area (TPSA) is 174 Å². The van der Waals surface area contributed by atoms with Gasteiger partial charge in [-0.1, -0.05) is 13.8 Å². The van der Waals surface area contributed by atoms with E-state index < -0.39 is 35.9 Å². The molecule has 2 amide bonds. The van der Waals surface area contributed by atoms with Crippen molar-refractivity contribution < 1.29 is 19.5 Å². The van der Waals surface area contributed by atoms with E-state index in [9.17, 15) is 19.5 Å². The third-order valence-corrected chi connectivity index (χ3v) is 4.16. The van der Waals surface area contributed by atoms with Gasteiger partial charge in [-0.15, -0.1) is 0 Å². The Morgan fingerprint density at radius 1 is 0.846 bits per heavy atom. The van der Waals surface area contributed by atoms with Crippen molar-refractivity contribution in [2.24, 2.45) is 23.1 Å². The number of rotatable bonds is 14. The SMILES string of the molecule is CC(C)C(N)C(=O)NC(CCCCN)C(=O)NC(CCCCN)C(=O)O. The van der Waals surface area contributed by atoms with Crippen LogP contribution in [0.1, 0.15) is 52.4 Å².